The van der Waals surface area contributed by atoms with E-state index in [0.29, 0.717) is 18.5 Å². The van der Waals surface area contributed by atoms with E-state index in [1.807, 2.05) is 12.2 Å². The highest BCUT2D eigenvalue weighted by molar-refractivity contribution is 5.95. The highest BCUT2D eigenvalue weighted by Crippen LogP contribution is 2.29. The molecule has 1 aromatic carbocycles. The number of allylic oxidation sites excluding steroid dienone is 2. The van der Waals surface area contributed by atoms with Gasteiger partial charge in [-0.3, -0.25) is 9.59 Å². The summed E-state index contributed by atoms with van der Waals surface area (Å²) in [6.07, 6.45) is 6.84. The summed E-state index contributed by atoms with van der Waals surface area (Å²) >= 11 is 0. The molecule has 1 aromatic rings. The summed E-state index contributed by atoms with van der Waals surface area (Å²) in [5.41, 5.74) is 0.678. The van der Waals surface area contributed by atoms with Gasteiger partial charge in [-0.1, -0.05) is 12.2 Å². The molecule has 140 valence electrons. The first kappa shape index (κ1) is 18.5. The van der Waals surface area contributed by atoms with Crippen molar-refractivity contribution in [1.82, 2.24) is 0 Å². The highest BCUT2D eigenvalue weighted by atomic mass is 16.6. The zero-order valence-electron chi connectivity index (χ0n) is 15.0. The van der Waals surface area contributed by atoms with Crippen LogP contribution in [0.2, 0.25) is 0 Å². The van der Waals surface area contributed by atoms with E-state index in [2.05, 4.69) is 5.32 Å². The van der Waals surface area contributed by atoms with Crippen molar-refractivity contribution in [2.75, 3.05) is 25.6 Å². The second-order valence-corrected chi connectivity index (χ2v) is 6.64. The smallest absolute Gasteiger partial charge is 0.310 e. The second kappa shape index (κ2) is 8.85. The Morgan fingerprint density at radius 3 is 2.54 bits per heavy atom. The van der Waals surface area contributed by atoms with Crippen molar-refractivity contribution in [3.63, 3.8) is 0 Å². The van der Waals surface area contributed by atoms with E-state index in [9.17, 15) is 9.59 Å². The van der Waals surface area contributed by atoms with Crippen molar-refractivity contribution < 1.29 is 23.8 Å². The number of nitrogens with one attached hydrogen (secondary N) is 1. The molecule has 1 aliphatic carbocycles. The number of carbonyl (C=O) groups excluding carboxylic acids is 2. The van der Waals surface area contributed by atoms with Crippen molar-refractivity contribution in [2.45, 2.75) is 31.8 Å². The summed E-state index contributed by atoms with van der Waals surface area (Å²) in [5.74, 6) is -0.656. The van der Waals surface area contributed by atoms with Gasteiger partial charge in [-0.25, -0.2) is 0 Å². The van der Waals surface area contributed by atoms with Gasteiger partial charge in [-0.05, 0) is 49.9 Å². The molecule has 1 amide bonds. The van der Waals surface area contributed by atoms with Gasteiger partial charge in [0, 0.05) is 12.3 Å². The largest absolute Gasteiger partial charge is 0.497 e. The third-order valence-corrected chi connectivity index (χ3v) is 4.86. The van der Waals surface area contributed by atoms with Crippen molar-refractivity contribution in [3.05, 3.63) is 36.4 Å². The van der Waals surface area contributed by atoms with Crippen molar-refractivity contribution in [1.29, 1.82) is 0 Å². The van der Waals surface area contributed by atoms with Crippen LogP contribution >= 0.6 is 0 Å². The number of rotatable bonds is 6. The van der Waals surface area contributed by atoms with Gasteiger partial charge in [0.1, 0.15) is 12.4 Å². The van der Waals surface area contributed by atoms with Crippen LogP contribution in [-0.2, 0) is 19.1 Å². The molecule has 0 saturated carbocycles. The van der Waals surface area contributed by atoms with Crippen LogP contribution in [-0.4, -0.2) is 38.3 Å². The lowest BCUT2D eigenvalue weighted by Crippen LogP contribution is -2.36. The summed E-state index contributed by atoms with van der Waals surface area (Å²) in [6, 6.07) is 7.12. The summed E-state index contributed by atoms with van der Waals surface area (Å²) in [6.45, 7) is 0.993. The van der Waals surface area contributed by atoms with Crippen molar-refractivity contribution >= 4 is 17.6 Å². The molecule has 1 fully saturated rings. The molecule has 3 atom stereocenters. The van der Waals surface area contributed by atoms with Gasteiger partial charge in [0.25, 0.3) is 0 Å². The molecule has 0 spiro atoms. The SMILES string of the molecule is COc1ccc(NC(=O)[C@@H]2CC=CC[C@H]2C(=O)OC[C@@H]2CCCO2)cc1. The predicted molar refractivity (Wildman–Crippen MR) is 96.9 cm³/mol. The Kier molecular flexibility index (Phi) is 6.28. The number of methoxy groups -OCH3 is 1. The number of carbonyl (C=O) groups is 2. The number of hydrogen-bond acceptors (Lipinski definition) is 5. The number of ether oxygens (including phenoxy) is 3. The minimum Gasteiger partial charge on any atom is -0.497 e. The van der Waals surface area contributed by atoms with E-state index in [1.165, 1.54) is 0 Å². The van der Waals surface area contributed by atoms with Gasteiger partial charge in [0.15, 0.2) is 0 Å². The quantitative estimate of drug-likeness (QED) is 0.624. The molecule has 0 bridgehead atoms. The first-order valence-electron chi connectivity index (χ1n) is 9.05. The lowest BCUT2D eigenvalue weighted by atomic mass is 9.82. The second-order valence-electron chi connectivity index (χ2n) is 6.64. The predicted octanol–water partition coefficient (Wildman–Crippen LogP) is 2.94. The molecule has 1 N–H and O–H groups in total. The Bertz CT molecular complexity index is 649. The van der Waals surface area contributed by atoms with Gasteiger partial charge >= 0.3 is 5.97 Å². The summed E-state index contributed by atoms with van der Waals surface area (Å²) in [5, 5.41) is 2.88. The summed E-state index contributed by atoms with van der Waals surface area (Å²) < 4.78 is 16.0. The van der Waals surface area contributed by atoms with Crippen LogP contribution in [0.15, 0.2) is 36.4 Å². The van der Waals surface area contributed by atoms with E-state index in [4.69, 9.17) is 14.2 Å². The number of amides is 1. The Hall–Kier alpha value is -2.34. The number of anilines is 1. The summed E-state index contributed by atoms with van der Waals surface area (Å²) in [7, 11) is 1.59. The van der Waals surface area contributed by atoms with E-state index in [-0.39, 0.29) is 24.6 Å². The fourth-order valence-electron chi connectivity index (χ4n) is 3.33. The van der Waals surface area contributed by atoms with Crippen LogP contribution in [0.4, 0.5) is 5.69 Å². The highest BCUT2D eigenvalue weighted by Gasteiger charge is 2.35. The molecule has 3 rings (SSSR count). The third kappa shape index (κ3) is 4.64. The van der Waals surface area contributed by atoms with Gasteiger partial charge < -0.3 is 19.5 Å². The Morgan fingerprint density at radius 2 is 1.88 bits per heavy atom. The van der Waals surface area contributed by atoms with E-state index in [1.54, 1.807) is 31.4 Å². The number of benzene rings is 1. The molecular weight excluding hydrogens is 334 g/mol. The topological polar surface area (TPSA) is 73.9 Å². The molecule has 1 heterocycles. The first-order valence-corrected chi connectivity index (χ1v) is 9.05. The monoisotopic (exact) mass is 359 g/mol. The lowest BCUT2D eigenvalue weighted by molar-refractivity contribution is -0.155. The molecule has 26 heavy (non-hydrogen) atoms. The molecule has 2 aliphatic rings. The zero-order chi connectivity index (χ0) is 18.4. The third-order valence-electron chi connectivity index (χ3n) is 4.86. The van der Waals surface area contributed by atoms with Gasteiger partial charge in [0.05, 0.1) is 25.0 Å². The van der Waals surface area contributed by atoms with Gasteiger partial charge in [-0.2, -0.15) is 0 Å². The maximum absolute atomic E-state index is 12.7. The molecule has 0 aromatic heterocycles. The van der Waals surface area contributed by atoms with Crippen LogP contribution in [0.25, 0.3) is 0 Å². The Labute approximate surface area is 153 Å². The van der Waals surface area contributed by atoms with E-state index < -0.39 is 11.8 Å². The number of esters is 1. The van der Waals surface area contributed by atoms with Crippen LogP contribution < -0.4 is 10.1 Å². The average molecular weight is 359 g/mol. The van der Waals surface area contributed by atoms with Crippen LogP contribution in [0.3, 0.4) is 0 Å². The van der Waals surface area contributed by atoms with Crippen LogP contribution in [0.1, 0.15) is 25.7 Å². The molecule has 0 unspecified atom stereocenters. The van der Waals surface area contributed by atoms with E-state index in [0.717, 1.165) is 25.2 Å². The fourth-order valence-corrected chi connectivity index (χ4v) is 3.33. The molecule has 1 saturated heterocycles. The van der Waals surface area contributed by atoms with Crippen LogP contribution in [0.5, 0.6) is 5.75 Å². The molecule has 6 heteroatoms. The molecule has 0 radical (unpaired) electrons. The molecule has 6 nitrogen and oxygen atoms in total. The minimum atomic E-state index is -0.459. The van der Waals surface area contributed by atoms with Gasteiger partial charge in [0.2, 0.25) is 5.91 Å². The standard InChI is InChI=1S/C20H25NO5/c1-24-15-10-8-14(9-11-15)21-19(22)17-6-2-3-7-18(17)20(23)26-13-16-5-4-12-25-16/h2-3,8-11,16-18H,4-7,12-13H2,1H3,(H,21,22)/t16-,17+,18+/m0/s1. The fraction of sp³-hybridized carbons (Fsp3) is 0.500. The molecule has 1 aliphatic heterocycles. The van der Waals surface area contributed by atoms with Crippen molar-refractivity contribution in [2.24, 2.45) is 11.8 Å². The van der Waals surface area contributed by atoms with E-state index >= 15 is 0 Å². The minimum absolute atomic E-state index is 0.00958. The van der Waals surface area contributed by atoms with Gasteiger partial charge in [-0.15, -0.1) is 0 Å². The maximum atomic E-state index is 12.7. The number of hydrogen-bond donors (Lipinski definition) is 1. The Morgan fingerprint density at radius 1 is 1.15 bits per heavy atom. The first-order chi connectivity index (χ1) is 12.7. The average Bonchev–Trinajstić information content (AvgIpc) is 3.20. The normalized spacial score (nSPS) is 24.9. The maximum Gasteiger partial charge on any atom is 0.310 e. The Balaban J connectivity index is 1.58. The summed E-state index contributed by atoms with van der Waals surface area (Å²) in [4.78, 5) is 25.2. The van der Waals surface area contributed by atoms with Crippen molar-refractivity contribution in [3.8, 4) is 5.75 Å². The lowest BCUT2D eigenvalue weighted by Gasteiger charge is -2.26. The molecular formula is C20H25NO5. The zero-order valence-corrected chi connectivity index (χ0v) is 15.0. The van der Waals surface area contributed by atoms with Crippen LogP contribution in [0, 0.1) is 11.8 Å².